The summed E-state index contributed by atoms with van der Waals surface area (Å²) in [6, 6.07) is 14.9. The van der Waals surface area contributed by atoms with Crippen molar-refractivity contribution in [2.24, 2.45) is 0 Å². The van der Waals surface area contributed by atoms with E-state index in [-0.39, 0.29) is 5.75 Å². The lowest BCUT2D eigenvalue weighted by Crippen LogP contribution is -2.29. The summed E-state index contributed by atoms with van der Waals surface area (Å²) in [6.07, 6.45) is 8.54. The molecule has 0 spiro atoms. The van der Waals surface area contributed by atoms with Crippen molar-refractivity contribution in [1.82, 2.24) is 15.2 Å². The zero-order valence-corrected chi connectivity index (χ0v) is 19.0. The van der Waals surface area contributed by atoms with Gasteiger partial charge in [-0.1, -0.05) is 6.07 Å². The molecule has 0 aliphatic carbocycles. The second kappa shape index (κ2) is 10.3. The van der Waals surface area contributed by atoms with Crippen molar-refractivity contribution < 1.29 is 13.9 Å². The summed E-state index contributed by atoms with van der Waals surface area (Å²) < 4.78 is 20.4. The van der Waals surface area contributed by atoms with Crippen molar-refractivity contribution in [2.45, 2.75) is 19.3 Å². The van der Waals surface area contributed by atoms with E-state index in [0.717, 1.165) is 24.3 Å². The molecule has 8 nitrogen and oxygen atoms in total. The molecule has 1 aliphatic heterocycles. The van der Waals surface area contributed by atoms with Crippen LogP contribution in [-0.4, -0.2) is 34.3 Å². The lowest BCUT2D eigenvalue weighted by molar-refractivity contribution is 0.262. The van der Waals surface area contributed by atoms with Crippen molar-refractivity contribution in [2.75, 3.05) is 28.6 Å². The van der Waals surface area contributed by atoms with E-state index in [1.807, 2.05) is 24.3 Å². The third-order valence-electron chi connectivity index (χ3n) is 5.77. The van der Waals surface area contributed by atoms with Crippen LogP contribution in [0.1, 0.15) is 19.3 Å². The Hall–Kier alpha value is -4.40. The fourth-order valence-corrected chi connectivity index (χ4v) is 4.04. The van der Waals surface area contributed by atoms with Gasteiger partial charge in [0.1, 0.15) is 5.75 Å². The van der Waals surface area contributed by atoms with Crippen LogP contribution in [0.15, 0.2) is 73.2 Å². The van der Waals surface area contributed by atoms with Crippen LogP contribution < -0.4 is 20.3 Å². The van der Waals surface area contributed by atoms with Crippen molar-refractivity contribution >= 4 is 23.1 Å². The topological polar surface area (TPSA) is 95.2 Å². The van der Waals surface area contributed by atoms with Gasteiger partial charge in [0.2, 0.25) is 0 Å². The number of amides is 2. The summed E-state index contributed by atoms with van der Waals surface area (Å²) in [5.41, 5.74) is 3.52. The lowest BCUT2D eigenvalue weighted by Gasteiger charge is -2.29. The number of rotatable bonds is 6. The Morgan fingerprint density at radius 2 is 1.83 bits per heavy atom. The minimum absolute atomic E-state index is 0.0366. The standard InChI is InChI=1S/C26H25FN6O2/c27-23-14-20(7-8-25(23)35-22-9-10-28-24(15-22)18-16-29-30-17-18)32-26(34)31-19-5-4-6-21(13-19)33-11-2-1-3-12-33/h4-10,13-17H,1-3,11-12H2,(H,29,30)(H2,31,32,34). The number of ether oxygens (including phenoxy) is 1. The van der Waals surface area contributed by atoms with Gasteiger partial charge in [0.25, 0.3) is 0 Å². The molecule has 1 fully saturated rings. The van der Waals surface area contributed by atoms with Gasteiger partial charge in [0.15, 0.2) is 11.6 Å². The fraction of sp³-hybridized carbons (Fsp3) is 0.192. The number of anilines is 3. The number of H-pyrrole nitrogens is 1. The van der Waals surface area contributed by atoms with Crippen LogP contribution in [0.2, 0.25) is 0 Å². The lowest BCUT2D eigenvalue weighted by atomic mass is 10.1. The van der Waals surface area contributed by atoms with Gasteiger partial charge in [0, 0.05) is 60.2 Å². The van der Waals surface area contributed by atoms with E-state index in [2.05, 4.69) is 30.7 Å². The molecule has 9 heteroatoms. The Morgan fingerprint density at radius 1 is 1.00 bits per heavy atom. The molecule has 5 rings (SSSR count). The highest BCUT2D eigenvalue weighted by atomic mass is 19.1. The van der Waals surface area contributed by atoms with E-state index in [9.17, 15) is 9.18 Å². The number of piperidine rings is 1. The summed E-state index contributed by atoms with van der Waals surface area (Å²) in [5.74, 6) is -0.131. The zero-order chi connectivity index (χ0) is 24.0. The average Bonchev–Trinajstić information content (AvgIpc) is 3.42. The Balaban J connectivity index is 1.21. The first-order valence-electron chi connectivity index (χ1n) is 11.5. The Kier molecular flexibility index (Phi) is 6.56. The van der Waals surface area contributed by atoms with Crippen LogP contribution in [0.3, 0.4) is 0 Å². The van der Waals surface area contributed by atoms with Crippen LogP contribution in [0.5, 0.6) is 11.5 Å². The smallest absolute Gasteiger partial charge is 0.323 e. The first-order valence-corrected chi connectivity index (χ1v) is 11.5. The van der Waals surface area contributed by atoms with Gasteiger partial charge in [-0.2, -0.15) is 5.10 Å². The first kappa shape index (κ1) is 22.4. The molecule has 3 heterocycles. The SMILES string of the molecule is O=C(Nc1cccc(N2CCCCC2)c1)Nc1ccc(Oc2ccnc(-c3cn[nH]c3)c2)c(F)c1. The third kappa shape index (κ3) is 5.57. The number of nitrogens with one attached hydrogen (secondary N) is 3. The van der Waals surface area contributed by atoms with Crippen molar-refractivity contribution in [3.05, 3.63) is 79.0 Å². The molecule has 0 radical (unpaired) electrons. The monoisotopic (exact) mass is 472 g/mol. The number of halogens is 1. The van der Waals surface area contributed by atoms with E-state index >= 15 is 0 Å². The van der Waals surface area contributed by atoms with Crippen LogP contribution in [0, 0.1) is 5.82 Å². The van der Waals surface area contributed by atoms with E-state index in [1.54, 1.807) is 36.8 Å². The van der Waals surface area contributed by atoms with Crippen molar-refractivity contribution in [3.8, 4) is 22.8 Å². The number of urea groups is 1. The predicted molar refractivity (Wildman–Crippen MR) is 133 cm³/mol. The Morgan fingerprint density at radius 3 is 2.60 bits per heavy atom. The van der Waals surface area contributed by atoms with Crippen LogP contribution >= 0.6 is 0 Å². The van der Waals surface area contributed by atoms with Gasteiger partial charge in [0.05, 0.1) is 11.9 Å². The molecule has 0 saturated carbocycles. The summed E-state index contributed by atoms with van der Waals surface area (Å²) in [6.45, 7) is 2.04. The molecule has 0 bridgehead atoms. The van der Waals surface area contributed by atoms with Gasteiger partial charge >= 0.3 is 6.03 Å². The molecular weight excluding hydrogens is 447 g/mol. The molecule has 2 amide bonds. The third-order valence-corrected chi connectivity index (χ3v) is 5.77. The first-order chi connectivity index (χ1) is 17.1. The number of pyridine rings is 1. The van der Waals surface area contributed by atoms with Gasteiger partial charge in [-0.3, -0.25) is 10.1 Å². The molecule has 3 N–H and O–H groups in total. The number of hydrogen-bond donors (Lipinski definition) is 3. The average molecular weight is 473 g/mol. The zero-order valence-electron chi connectivity index (χ0n) is 19.0. The number of carbonyl (C=O) groups is 1. The maximum absolute atomic E-state index is 14.7. The molecular formula is C26H25FN6O2. The number of aromatic nitrogens is 3. The maximum atomic E-state index is 14.7. The number of aromatic amines is 1. The van der Waals surface area contributed by atoms with E-state index < -0.39 is 11.8 Å². The molecule has 0 atom stereocenters. The van der Waals surface area contributed by atoms with Crippen LogP contribution in [0.25, 0.3) is 11.3 Å². The van der Waals surface area contributed by atoms with Crippen molar-refractivity contribution in [1.29, 1.82) is 0 Å². The molecule has 0 unspecified atom stereocenters. The summed E-state index contributed by atoms with van der Waals surface area (Å²) >= 11 is 0. The van der Waals surface area contributed by atoms with Crippen molar-refractivity contribution in [3.63, 3.8) is 0 Å². The number of nitrogens with zero attached hydrogens (tertiary/aromatic N) is 3. The number of benzene rings is 2. The number of hydrogen-bond acceptors (Lipinski definition) is 5. The molecule has 35 heavy (non-hydrogen) atoms. The van der Waals surface area contributed by atoms with Crippen LogP contribution in [-0.2, 0) is 0 Å². The van der Waals surface area contributed by atoms with Gasteiger partial charge < -0.3 is 20.3 Å². The minimum Gasteiger partial charge on any atom is -0.454 e. The second-order valence-corrected chi connectivity index (χ2v) is 8.29. The summed E-state index contributed by atoms with van der Waals surface area (Å²) in [4.78, 5) is 19.1. The fourth-order valence-electron chi connectivity index (χ4n) is 4.04. The molecule has 178 valence electrons. The minimum atomic E-state index is -0.600. The predicted octanol–water partition coefficient (Wildman–Crippen LogP) is 6.04. The van der Waals surface area contributed by atoms with Gasteiger partial charge in [-0.15, -0.1) is 0 Å². The quantitative estimate of drug-likeness (QED) is 0.318. The Labute approximate surface area is 202 Å². The highest BCUT2D eigenvalue weighted by Crippen LogP contribution is 2.29. The van der Waals surface area contributed by atoms with Crippen LogP contribution in [0.4, 0.5) is 26.2 Å². The highest BCUT2D eigenvalue weighted by Gasteiger charge is 2.13. The summed E-state index contributed by atoms with van der Waals surface area (Å²) in [5, 5.41) is 12.1. The summed E-state index contributed by atoms with van der Waals surface area (Å²) in [7, 11) is 0. The van der Waals surface area contributed by atoms with E-state index in [0.29, 0.717) is 22.8 Å². The molecule has 1 aliphatic rings. The maximum Gasteiger partial charge on any atom is 0.323 e. The molecule has 4 aromatic rings. The largest absolute Gasteiger partial charge is 0.454 e. The van der Waals surface area contributed by atoms with Gasteiger partial charge in [-0.05, 0) is 55.7 Å². The molecule has 1 saturated heterocycles. The highest BCUT2D eigenvalue weighted by molar-refractivity contribution is 6.00. The normalized spacial score (nSPS) is 13.3. The molecule has 2 aromatic heterocycles. The van der Waals surface area contributed by atoms with E-state index in [4.69, 9.17) is 4.74 Å². The molecule has 2 aromatic carbocycles. The second-order valence-electron chi connectivity index (χ2n) is 8.29. The van der Waals surface area contributed by atoms with E-state index in [1.165, 1.54) is 31.4 Å². The number of carbonyl (C=O) groups excluding carboxylic acids is 1. The Bertz CT molecular complexity index is 1300. The van der Waals surface area contributed by atoms with Gasteiger partial charge in [-0.25, -0.2) is 9.18 Å².